The average molecular weight is 299 g/mol. The second-order valence-corrected chi connectivity index (χ2v) is 5.63. The lowest BCUT2D eigenvalue weighted by atomic mass is 10.1. The fraction of sp³-hybridized carbons (Fsp3) is 0.389. The number of rotatable bonds is 7. The molecule has 4 nitrogen and oxygen atoms in total. The molecule has 0 N–H and O–H groups in total. The highest BCUT2D eigenvalue weighted by atomic mass is 16.5. The van der Waals surface area contributed by atoms with Crippen LogP contribution < -0.4 is 9.47 Å². The molecule has 0 fully saturated rings. The summed E-state index contributed by atoms with van der Waals surface area (Å²) in [7, 11) is 4.05. The minimum atomic E-state index is 0.0865. The fourth-order valence-electron chi connectivity index (χ4n) is 1.98. The molecular weight excluding hydrogens is 276 g/mol. The van der Waals surface area contributed by atoms with Crippen LogP contribution in [0.25, 0.3) is 11.3 Å². The van der Waals surface area contributed by atoms with Crippen molar-refractivity contribution in [2.24, 2.45) is 0 Å². The first kappa shape index (κ1) is 16.3. The smallest absolute Gasteiger partial charge is 0.132 e. The van der Waals surface area contributed by atoms with Gasteiger partial charge in [0.15, 0.2) is 0 Å². The number of hydrogen-bond acceptors (Lipinski definition) is 4. The van der Waals surface area contributed by atoms with Crippen molar-refractivity contribution in [3.63, 3.8) is 0 Å². The van der Waals surface area contributed by atoms with Gasteiger partial charge in [-0.3, -0.25) is 0 Å². The van der Waals surface area contributed by atoms with E-state index in [0.29, 0.717) is 6.61 Å². The van der Waals surface area contributed by atoms with E-state index in [1.807, 2.05) is 58.3 Å². The highest BCUT2D eigenvalue weighted by Gasteiger charge is 2.11. The molecular formula is C18H23N2O2. The Bertz CT molecular complexity index is 583. The van der Waals surface area contributed by atoms with Crippen molar-refractivity contribution in [2.45, 2.75) is 20.0 Å². The molecule has 117 valence electrons. The van der Waals surface area contributed by atoms with Crippen molar-refractivity contribution in [1.29, 1.82) is 0 Å². The third kappa shape index (κ3) is 4.74. The third-order valence-corrected chi connectivity index (χ3v) is 3.01. The molecule has 1 aromatic carbocycles. The first-order valence-corrected chi connectivity index (χ1v) is 7.48. The van der Waals surface area contributed by atoms with E-state index in [9.17, 15) is 0 Å². The molecule has 1 radical (unpaired) electrons. The topological polar surface area (TPSA) is 34.6 Å². The lowest BCUT2D eigenvalue weighted by molar-refractivity contribution is 0.238. The lowest BCUT2D eigenvalue weighted by Gasteiger charge is -2.16. The Labute approximate surface area is 132 Å². The molecule has 4 heteroatoms. The van der Waals surface area contributed by atoms with Gasteiger partial charge in [-0.15, -0.1) is 0 Å². The molecule has 2 rings (SSSR count). The Morgan fingerprint density at radius 2 is 2.05 bits per heavy atom. The average Bonchev–Trinajstić information content (AvgIpc) is 2.47. The zero-order valence-corrected chi connectivity index (χ0v) is 13.7. The van der Waals surface area contributed by atoms with Gasteiger partial charge in [0, 0.05) is 18.2 Å². The van der Waals surface area contributed by atoms with Crippen LogP contribution in [-0.4, -0.2) is 43.2 Å². The second kappa shape index (κ2) is 7.80. The molecule has 0 saturated heterocycles. The summed E-state index contributed by atoms with van der Waals surface area (Å²) in [5, 5.41) is 0. The van der Waals surface area contributed by atoms with Gasteiger partial charge < -0.3 is 14.4 Å². The second-order valence-electron chi connectivity index (χ2n) is 5.63. The molecule has 0 aliphatic heterocycles. The van der Waals surface area contributed by atoms with Crippen LogP contribution >= 0.6 is 0 Å². The van der Waals surface area contributed by atoms with Gasteiger partial charge in [0.2, 0.25) is 0 Å². The lowest BCUT2D eigenvalue weighted by Crippen LogP contribution is -2.19. The fourth-order valence-corrected chi connectivity index (χ4v) is 1.98. The minimum absolute atomic E-state index is 0.0865. The first-order chi connectivity index (χ1) is 10.6. The highest BCUT2D eigenvalue weighted by molar-refractivity contribution is 5.68. The molecule has 0 unspecified atom stereocenters. The van der Waals surface area contributed by atoms with Gasteiger partial charge in [-0.25, -0.2) is 4.98 Å². The number of nitrogens with zero attached hydrogens (tertiary/aromatic N) is 2. The van der Waals surface area contributed by atoms with Crippen molar-refractivity contribution in [3.8, 4) is 22.8 Å². The van der Waals surface area contributed by atoms with E-state index in [2.05, 4.69) is 16.1 Å². The molecule has 0 spiro atoms. The van der Waals surface area contributed by atoms with E-state index in [1.54, 1.807) is 6.07 Å². The van der Waals surface area contributed by atoms with Crippen molar-refractivity contribution in [2.75, 3.05) is 27.2 Å². The van der Waals surface area contributed by atoms with Crippen LogP contribution in [0.5, 0.6) is 11.5 Å². The quantitative estimate of drug-likeness (QED) is 0.786. The number of likely N-dealkylation sites (N-methyl/N-ethyl adjacent to an activating group) is 1. The van der Waals surface area contributed by atoms with Crippen LogP contribution in [0, 0.1) is 6.20 Å². The Balaban J connectivity index is 2.23. The highest BCUT2D eigenvalue weighted by Crippen LogP contribution is 2.33. The molecule has 0 amide bonds. The summed E-state index contributed by atoms with van der Waals surface area (Å²) in [6.07, 6.45) is 2.95. The van der Waals surface area contributed by atoms with Crippen LogP contribution in [0.15, 0.2) is 36.4 Å². The van der Waals surface area contributed by atoms with Gasteiger partial charge in [0.1, 0.15) is 18.1 Å². The molecule has 1 aromatic heterocycles. The first-order valence-electron chi connectivity index (χ1n) is 7.48. The monoisotopic (exact) mass is 299 g/mol. The largest absolute Gasteiger partial charge is 0.492 e. The van der Waals surface area contributed by atoms with Crippen molar-refractivity contribution in [3.05, 3.63) is 42.6 Å². The van der Waals surface area contributed by atoms with Crippen LogP contribution in [0.3, 0.4) is 0 Å². The van der Waals surface area contributed by atoms with Crippen molar-refractivity contribution in [1.82, 2.24) is 9.88 Å². The molecule has 0 aliphatic carbocycles. The van der Waals surface area contributed by atoms with Gasteiger partial charge in [0.25, 0.3) is 0 Å². The Morgan fingerprint density at radius 3 is 2.68 bits per heavy atom. The number of hydrogen-bond donors (Lipinski definition) is 0. The number of aromatic nitrogens is 1. The van der Waals surface area contributed by atoms with Crippen LogP contribution in [0.1, 0.15) is 13.8 Å². The van der Waals surface area contributed by atoms with Crippen molar-refractivity contribution >= 4 is 0 Å². The number of ether oxygens (including phenoxy) is 2. The molecule has 2 aromatic rings. The molecule has 0 aliphatic rings. The van der Waals surface area contributed by atoms with Crippen molar-refractivity contribution < 1.29 is 9.47 Å². The molecule has 0 saturated carbocycles. The van der Waals surface area contributed by atoms with E-state index < -0.39 is 0 Å². The molecule has 0 atom stereocenters. The van der Waals surface area contributed by atoms with E-state index in [1.165, 1.54) is 0 Å². The van der Waals surface area contributed by atoms with E-state index >= 15 is 0 Å². The maximum absolute atomic E-state index is 5.92. The third-order valence-electron chi connectivity index (χ3n) is 3.01. The maximum atomic E-state index is 5.92. The van der Waals surface area contributed by atoms with Crippen LogP contribution in [0.2, 0.25) is 0 Å². The summed E-state index contributed by atoms with van der Waals surface area (Å²) in [5.41, 5.74) is 1.79. The predicted octanol–water partition coefficient (Wildman–Crippen LogP) is 3.28. The predicted molar refractivity (Wildman–Crippen MR) is 88.3 cm³/mol. The zero-order valence-electron chi connectivity index (χ0n) is 13.7. The SMILES string of the molecule is CC(C)Oc1cc(OCCN(C)C)ccc1-c1ccc[c]n1. The summed E-state index contributed by atoms with van der Waals surface area (Å²) < 4.78 is 11.7. The molecule has 0 bridgehead atoms. The van der Waals surface area contributed by atoms with Gasteiger partial charge in [-0.05, 0) is 52.2 Å². The normalized spacial score (nSPS) is 11.0. The maximum Gasteiger partial charge on any atom is 0.132 e. The van der Waals surface area contributed by atoms with Crippen LogP contribution in [0.4, 0.5) is 0 Å². The standard InChI is InChI=1S/C18H23N2O2/c1-14(2)22-18-13-15(21-12-11-20(3)4)8-9-16(18)17-7-5-6-10-19-17/h5-9,13-14H,11-12H2,1-4H3. The Hall–Kier alpha value is -2.07. The van der Waals surface area contributed by atoms with Gasteiger partial charge in [-0.1, -0.05) is 6.07 Å². The van der Waals surface area contributed by atoms with Gasteiger partial charge in [-0.2, -0.15) is 0 Å². The summed E-state index contributed by atoms with van der Waals surface area (Å²) in [6.45, 7) is 5.53. The zero-order chi connectivity index (χ0) is 15.9. The summed E-state index contributed by atoms with van der Waals surface area (Å²) >= 11 is 0. The summed E-state index contributed by atoms with van der Waals surface area (Å²) in [6, 6.07) is 11.5. The minimum Gasteiger partial charge on any atom is -0.492 e. The Kier molecular flexibility index (Phi) is 5.78. The number of pyridine rings is 1. The van der Waals surface area contributed by atoms with Crippen LogP contribution in [-0.2, 0) is 0 Å². The van der Waals surface area contributed by atoms with E-state index in [0.717, 1.165) is 29.3 Å². The molecule has 1 heterocycles. The van der Waals surface area contributed by atoms with E-state index in [4.69, 9.17) is 9.47 Å². The number of benzene rings is 1. The summed E-state index contributed by atoms with van der Waals surface area (Å²) in [4.78, 5) is 6.37. The summed E-state index contributed by atoms with van der Waals surface area (Å²) in [5.74, 6) is 1.59. The molecule has 22 heavy (non-hydrogen) atoms. The Morgan fingerprint density at radius 1 is 1.23 bits per heavy atom. The van der Waals surface area contributed by atoms with E-state index in [-0.39, 0.29) is 6.10 Å². The van der Waals surface area contributed by atoms with Gasteiger partial charge >= 0.3 is 0 Å². The van der Waals surface area contributed by atoms with Gasteiger partial charge in [0.05, 0.1) is 18.0 Å².